The molecule has 2 N–H and O–H groups in total. The highest BCUT2D eigenvalue weighted by Gasteiger charge is 2.46. The fourth-order valence-corrected chi connectivity index (χ4v) is 3.64. The van der Waals surface area contributed by atoms with Gasteiger partial charge in [-0.15, -0.1) is 0 Å². The fourth-order valence-electron chi connectivity index (χ4n) is 3.64. The number of hydrogen-bond donors (Lipinski definition) is 1. The third kappa shape index (κ3) is 2.51. The van der Waals surface area contributed by atoms with Crippen LogP contribution in [0.5, 0.6) is 0 Å². The quantitative estimate of drug-likeness (QED) is 0.817. The summed E-state index contributed by atoms with van der Waals surface area (Å²) < 4.78 is 5.49. The summed E-state index contributed by atoms with van der Waals surface area (Å²) in [6.07, 6.45) is 6.47. The van der Waals surface area contributed by atoms with Crippen molar-refractivity contribution in [2.75, 3.05) is 26.3 Å². The molecule has 0 aromatic carbocycles. The largest absolute Gasteiger partial charge is 0.379 e. The summed E-state index contributed by atoms with van der Waals surface area (Å²) in [7, 11) is 0. The first-order valence-corrected chi connectivity index (χ1v) is 7.29. The van der Waals surface area contributed by atoms with Gasteiger partial charge in [-0.1, -0.05) is 33.1 Å². The van der Waals surface area contributed by atoms with Crippen molar-refractivity contribution in [1.29, 1.82) is 0 Å². The number of morpholine rings is 1. The van der Waals surface area contributed by atoms with E-state index in [2.05, 4.69) is 18.7 Å². The molecule has 2 atom stereocenters. The van der Waals surface area contributed by atoms with Gasteiger partial charge in [-0.3, -0.25) is 4.90 Å². The second-order valence-corrected chi connectivity index (χ2v) is 5.82. The average Bonchev–Trinajstić information content (AvgIpc) is 2.88. The standard InChI is InChI=1S/C14H28N2O/c1-3-12(2)13(15)14(6-4-5-7-14)16-8-10-17-11-9-16/h12-13H,3-11,15H2,1-2H3. The molecule has 0 aromatic rings. The number of nitrogens with two attached hydrogens (primary N) is 1. The van der Waals surface area contributed by atoms with Gasteiger partial charge in [0.1, 0.15) is 0 Å². The minimum Gasteiger partial charge on any atom is -0.379 e. The predicted molar refractivity (Wildman–Crippen MR) is 71.0 cm³/mol. The first kappa shape index (κ1) is 13.3. The van der Waals surface area contributed by atoms with Crippen LogP contribution in [-0.4, -0.2) is 42.8 Å². The van der Waals surface area contributed by atoms with Crippen LogP contribution in [-0.2, 0) is 4.74 Å². The second-order valence-electron chi connectivity index (χ2n) is 5.82. The Bertz CT molecular complexity index is 228. The lowest BCUT2D eigenvalue weighted by Crippen LogP contribution is -2.63. The van der Waals surface area contributed by atoms with Crippen LogP contribution in [0.1, 0.15) is 46.0 Å². The van der Waals surface area contributed by atoms with Crippen molar-refractivity contribution in [3.63, 3.8) is 0 Å². The van der Waals surface area contributed by atoms with Gasteiger partial charge >= 0.3 is 0 Å². The molecule has 0 radical (unpaired) electrons. The van der Waals surface area contributed by atoms with E-state index >= 15 is 0 Å². The lowest BCUT2D eigenvalue weighted by atomic mass is 9.79. The molecule has 17 heavy (non-hydrogen) atoms. The summed E-state index contributed by atoms with van der Waals surface area (Å²) in [6, 6.07) is 0.327. The summed E-state index contributed by atoms with van der Waals surface area (Å²) in [5, 5.41) is 0. The van der Waals surface area contributed by atoms with Gasteiger partial charge in [-0.2, -0.15) is 0 Å². The lowest BCUT2D eigenvalue weighted by molar-refractivity contribution is -0.0374. The van der Waals surface area contributed by atoms with E-state index < -0.39 is 0 Å². The molecule has 1 aliphatic carbocycles. The summed E-state index contributed by atoms with van der Waals surface area (Å²) >= 11 is 0. The lowest BCUT2D eigenvalue weighted by Gasteiger charge is -2.48. The van der Waals surface area contributed by atoms with Crippen molar-refractivity contribution in [3.05, 3.63) is 0 Å². The van der Waals surface area contributed by atoms with Crippen LogP contribution in [0.4, 0.5) is 0 Å². The molecule has 2 fully saturated rings. The molecule has 1 saturated heterocycles. The predicted octanol–water partition coefficient (Wildman–Crippen LogP) is 2.00. The van der Waals surface area contributed by atoms with Crippen molar-refractivity contribution in [1.82, 2.24) is 4.90 Å². The molecule has 0 spiro atoms. The van der Waals surface area contributed by atoms with Crippen molar-refractivity contribution >= 4 is 0 Å². The summed E-state index contributed by atoms with van der Waals surface area (Å²) in [6.45, 7) is 8.48. The zero-order valence-corrected chi connectivity index (χ0v) is 11.5. The highest BCUT2D eigenvalue weighted by atomic mass is 16.5. The molecular weight excluding hydrogens is 212 g/mol. The Kier molecular flexibility index (Phi) is 4.45. The van der Waals surface area contributed by atoms with Gasteiger partial charge in [0, 0.05) is 24.7 Å². The molecule has 2 unspecified atom stereocenters. The third-order valence-corrected chi connectivity index (χ3v) is 4.99. The highest BCUT2D eigenvalue weighted by molar-refractivity contribution is 5.04. The number of nitrogens with zero attached hydrogens (tertiary/aromatic N) is 1. The van der Waals surface area contributed by atoms with Crippen LogP contribution in [0.3, 0.4) is 0 Å². The van der Waals surface area contributed by atoms with Crippen molar-refractivity contribution in [2.24, 2.45) is 11.7 Å². The molecule has 2 aliphatic rings. The molecule has 3 heteroatoms. The van der Waals surface area contributed by atoms with Gasteiger partial charge < -0.3 is 10.5 Å². The topological polar surface area (TPSA) is 38.5 Å². The van der Waals surface area contributed by atoms with E-state index in [0.29, 0.717) is 12.0 Å². The van der Waals surface area contributed by atoms with E-state index in [1.54, 1.807) is 0 Å². The van der Waals surface area contributed by atoms with Crippen LogP contribution in [0.25, 0.3) is 0 Å². The molecule has 0 bridgehead atoms. The van der Waals surface area contributed by atoms with Gasteiger partial charge in [0.05, 0.1) is 13.2 Å². The minimum atomic E-state index is 0.277. The van der Waals surface area contributed by atoms with E-state index in [0.717, 1.165) is 26.3 Å². The average molecular weight is 240 g/mol. The normalized spacial score (nSPS) is 29.1. The Hall–Kier alpha value is -0.120. The molecule has 1 saturated carbocycles. The number of rotatable bonds is 4. The van der Waals surface area contributed by atoms with E-state index in [1.165, 1.54) is 32.1 Å². The molecule has 0 aromatic heterocycles. The van der Waals surface area contributed by atoms with Crippen molar-refractivity contribution < 1.29 is 4.74 Å². The van der Waals surface area contributed by atoms with Crippen LogP contribution < -0.4 is 5.73 Å². The first-order chi connectivity index (χ1) is 8.20. The van der Waals surface area contributed by atoms with Crippen molar-refractivity contribution in [2.45, 2.75) is 57.5 Å². The van der Waals surface area contributed by atoms with Crippen LogP contribution in [0.15, 0.2) is 0 Å². The Morgan fingerprint density at radius 3 is 2.35 bits per heavy atom. The Morgan fingerprint density at radius 2 is 1.82 bits per heavy atom. The zero-order chi connectivity index (χ0) is 12.3. The molecule has 0 amide bonds. The summed E-state index contributed by atoms with van der Waals surface area (Å²) in [5.41, 5.74) is 6.89. The third-order valence-electron chi connectivity index (χ3n) is 4.99. The Morgan fingerprint density at radius 1 is 1.24 bits per heavy atom. The Balaban J connectivity index is 2.13. The molecule has 3 nitrogen and oxygen atoms in total. The maximum Gasteiger partial charge on any atom is 0.0594 e. The van der Waals surface area contributed by atoms with E-state index in [4.69, 9.17) is 10.5 Å². The number of hydrogen-bond acceptors (Lipinski definition) is 3. The van der Waals surface area contributed by atoms with Gasteiger partial charge in [0.2, 0.25) is 0 Å². The number of ether oxygens (including phenoxy) is 1. The van der Waals surface area contributed by atoms with Gasteiger partial charge in [0.15, 0.2) is 0 Å². The summed E-state index contributed by atoms with van der Waals surface area (Å²) in [5.74, 6) is 0.621. The molecule has 100 valence electrons. The zero-order valence-electron chi connectivity index (χ0n) is 11.5. The van der Waals surface area contributed by atoms with E-state index in [-0.39, 0.29) is 5.54 Å². The highest BCUT2D eigenvalue weighted by Crippen LogP contribution is 2.40. The Labute approximate surface area is 106 Å². The van der Waals surface area contributed by atoms with Crippen LogP contribution in [0, 0.1) is 5.92 Å². The van der Waals surface area contributed by atoms with Gasteiger partial charge in [0.25, 0.3) is 0 Å². The van der Waals surface area contributed by atoms with Crippen LogP contribution >= 0.6 is 0 Å². The molecule has 2 rings (SSSR count). The maximum absolute atomic E-state index is 6.62. The monoisotopic (exact) mass is 240 g/mol. The van der Waals surface area contributed by atoms with E-state index in [9.17, 15) is 0 Å². The van der Waals surface area contributed by atoms with Crippen LogP contribution in [0.2, 0.25) is 0 Å². The van der Waals surface area contributed by atoms with E-state index in [1.807, 2.05) is 0 Å². The smallest absolute Gasteiger partial charge is 0.0594 e. The minimum absolute atomic E-state index is 0.277. The molecular formula is C14H28N2O. The van der Waals surface area contributed by atoms with Gasteiger partial charge in [-0.25, -0.2) is 0 Å². The second kappa shape index (κ2) is 5.68. The maximum atomic E-state index is 6.62. The van der Waals surface area contributed by atoms with Gasteiger partial charge in [-0.05, 0) is 18.8 Å². The summed E-state index contributed by atoms with van der Waals surface area (Å²) in [4.78, 5) is 2.64. The molecule has 1 heterocycles. The molecule has 1 aliphatic heterocycles. The fraction of sp³-hybridized carbons (Fsp3) is 1.00. The SMILES string of the molecule is CCC(C)C(N)C1(N2CCOCC2)CCCC1. The first-order valence-electron chi connectivity index (χ1n) is 7.29. The van der Waals surface area contributed by atoms with Crippen molar-refractivity contribution in [3.8, 4) is 0 Å².